The third-order valence-electron chi connectivity index (χ3n) is 3.31. The lowest BCUT2D eigenvalue weighted by Gasteiger charge is -2.10. The summed E-state index contributed by atoms with van der Waals surface area (Å²) in [5.41, 5.74) is 1.96. The molecule has 3 nitrogen and oxygen atoms in total. The van der Waals surface area contributed by atoms with Crippen LogP contribution in [0.3, 0.4) is 0 Å². The van der Waals surface area contributed by atoms with E-state index >= 15 is 0 Å². The number of carbonyl (C=O) groups is 1. The Labute approximate surface area is 140 Å². The van der Waals surface area contributed by atoms with Crippen molar-refractivity contribution in [1.82, 2.24) is 10.6 Å². The van der Waals surface area contributed by atoms with Gasteiger partial charge < -0.3 is 10.6 Å². The van der Waals surface area contributed by atoms with Crippen LogP contribution >= 0.6 is 23.7 Å². The molecule has 0 bridgehead atoms. The molecule has 0 saturated heterocycles. The molecule has 1 atom stereocenters. The van der Waals surface area contributed by atoms with Crippen LogP contribution in [0.5, 0.6) is 0 Å². The summed E-state index contributed by atoms with van der Waals surface area (Å²) in [7, 11) is 1.86. The molecule has 1 amide bonds. The Hall–Kier alpha value is -1.43. The summed E-state index contributed by atoms with van der Waals surface area (Å²) < 4.78 is 13.0. The first-order chi connectivity index (χ1) is 10.0. The summed E-state index contributed by atoms with van der Waals surface area (Å²) in [5, 5.41) is 5.97. The van der Waals surface area contributed by atoms with E-state index in [4.69, 9.17) is 0 Å². The fraction of sp³-hybridized carbons (Fsp3) is 0.312. The molecule has 0 radical (unpaired) electrons. The molecule has 0 aliphatic heterocycles. The molecule has 0 aliphatic rings. The number of thiophene rings is 1. The van der Waals surface area contributed by atoms with Gasteiger partial charge >= 0.3 is 0 Å². The molecule has 2 rings (SSSR count). The first kappa shape index (κ1) is 18.6. The minimum Gasteiger partial charge on any atom is -0.350 e. The first-order valence-electron chi connectivity index (χ1n) is 6.83. The molecule has 22 heavy (non-hydrogen) atoms. The van der Waals surface area contributed by atoms with E-state index in [9.17, 15) is 9.18 Å². The number of rotatable bonds is 5. The van der Waals surface area contributed by atoms with Crippen molar-refractivity contribution in [2.75, 3.05) is 13.6 Å². The summed E-state index contributed by atoms with van der Waals surface area (Å²) in [4.78, 5) is 13.8. The van der Waals surface area contributed by atoms with Crippen molar-refractivity contribution in [1.29, 1.82) is 0 Å². The standard InChI is InChI=1S/C16H19FN2OS.ClH/c1-10-8-14(16(20)19-9-11(2)18-3)21-15(10)12-4-6-13(17)7-5-12;/h4-8,11,18H,9H2,1-3H3,(H,19,20);1H. The maximum Gasteiger partial charge on any atom is 0.261 e. The second kappa shape index (κ2) is 8.27. The van der Waals surface area contributed by atoms with Gasteiger partial charge in [-0.25, -0.2) is 4.39 Å². The Morgan fingerprint density at radius 2 is 1.95 bits per heavy atom. The monoisotopic (exact) mass is 342 g/mol. The molecule has 120 valence electrons. The van der Waals surface area contributed by atoms with Gasteiger partial charge in [0.15, 0.2) is 0 Å². The van der Waals surface area contributed by atoms with Crippen molar-refractivity contribution in [3.63, 3.8) is 0 Å². The molecule has 1 aromatic heterocycles. The van der Waals surface area contributed by atoms with E-state index in [0.29, 0.717) is 11.4 Å². The van der Waals surface area contributed by atoms with Crippen molar-refractivity contribution in [2.24, 2.45) is 0 Å². The van der Waals surface area contributed by atoms with Crippen LogP contribution in [0.4, 0.5) is 4.39 Å². The first-order valence-corrected chi connectivity index (χ1v) is 7.64. The molecule has 0 fully saturated rings. The molecule has 0 spiro atoms. The molecule has 1 unspecified atom stereocenters. The zero-order chi connectivity index (χ0) is 15.4. The lowest BCUT2D eigenvalue weighted by molar-refractivity contribution is 0.0954. The van der Waals surface area contributed by atoms with Crippen molar-refractivity contribution >= 4 is 29.7 Å². The van der Waals surface area contributed by atoms with E-state index in [2.05, 4.69) is 10.6 Å². The highest BCUT2D eigenvalue weighted by atomic mass is 35.5. The Morgan fingerprint density at radius 1 is 1.32 bits per heavy atom. The summed E-state index contributed by atoms with van der Waals surface area (Å²) in [5.74, 6) is -0.328. The predicted molar refractivity (Wildman–Crippen MR) is 92.6 cm³/mol. The maximum absolute atomic E-state index is 13.0. The van der Waals surface area contributed by atoms with Gasteiger partial charge in [-0.3, -0.25) is 4.79 Å². The number of amides is 1. The van der Waals surface area contributed by atoms with Gasteiger partial charge in [0, 0.05) is 17.5 Å². The van der Waals surface area contributed by atoms with Gasteiger partial charge in [0.05, 0.1) is 4.88 Å². The van der Waals surface area contributed by atoms with Gasteiger partial charge in [0.25, 0.3) is 5.91 Å². The van der Waals surface area contributed by atoms with Crippen molar-refractivity contribution in [3.05, 3.63) is 46.6 Å². The van der Waals surface area contributed by atoms with Gasteiger partial charge in [-0.1, -0.05) is 12.1 Å². The van der Waals surface area contributed by atoms with Gasteiger partial charge in [0.1, 0.15) is 5.82 Å². The Balaban J connectivity index is 0.00000242. The maximum atomic E-state index is 13.0. The Bertz CT molecular complexity index is 628. The average Bonchev–Trinajstić information content (AvgIpc) is 2.87. The van der Waals surface area contributed by atoms with E-state index in [1.807, 2.05) is 27.0 Å². The molecule has 1 heterocycles. The van der Waals surface area contributed by atoms with Crippen LogP contribution in [0.2, 0.25) is 0 Å². The minimum atomic E-state index is -0.257. The number of nitrogens with one attached hydrogen (secondary N) is 2. The lowest BCUT2D eigenvalue weighted by Crippen LogP contribution is -2.36. The second-order valence-corrected chi connectivity index (χ2v) is 6.08. The molecule has 2 N–H and O–H groups in total. The van der Waals surface area contributed by atoms with Gasteiger partial charge in [-0.2, -0.15) is 0 Å². The van der Waals surface area contributed by atoms with E-state index in [1.54, 1.807) is 12.1 Å². The summed E-state index contributed by atoms with van der Waals surface area (Å²) >= 11 is 1.43. The largest absolute Gasteiger partial charge is 0.350 e. The highest BCUT2D eigenvalue weighted by molar-refractivity contribution is 7.17. The molecular formula is C16H20ClFN2OS. The average molecular weight is 343 g/mol. The molecule has 0 saturated carbocycles. The Morgan fingerprint density at radius 3 is 2.55 bits per heavy atom. The number of aryl methyl sites for hydroxylation is 1. The number of likely N-dealkylation sites (N-methyl/N-ethyl adjacent to an activating group) is 1. The van der Waals surface area contributed by atoms with Crippen molar-refractivity contribution in [3.8, 4) is 10.4 Å². The Kier molecular flexibility index (Phi) is 7.00. The van der Waals surface area contributed by atoms with Gasteiger partial charge in [0.2, 0.25) is 0 Å². The summed E-state index contributed by atoms with van der Waals surface area (Å²) in [6.45, 7) is 4.55. The highest BCUT2D eigenvalue weighted by Crippen LogP contribution is 2.32. The van der Waals surface area contributed by atoms with Crippen LogP contribution in [0.1, 0.15) is 22.2 Å². The zero-order valence-electron chi connectivity index (χ0n) is 12.8. The van der Waals surface area contributed by atoms with E-state index in [0.717, 1.165) is 16.0 Å². The summed E-state index contributed by atoms with van der Waals surface area (Å²) in [6, 6.07) is 8.44. The quantitative estimate of drug-likeness (QED) is 0.871. The van der Waals surface area contributed by atoms with Crippen LogP contribution in [-0.2, 0) is 0 Å². The third-order valence-corrected chi connectivity index (χ3v) is 4.59. The number of carbonyl (C=O) groups excluding carboxylic acids is 1. The van der Waals surface area contributed by atoms with Crippen LogP contribution in [0.15, 0.2) is 30.3 Å². The SMILES string of the molecule is CNC(C)CNC(=O)c1cc(C)c(-c2ccc(F)cc2)s1.Cl. The van der Waals surface area contributed by atoms with E-state index in [1.165, 1.54) is 23.5 Å². The normalized spacial score (nSPS) is 11.6. The number of hydrogen-bond acceptors (Lipinski definition) is 3. The van der Waals surface area contributed by atoms with E-state index in [-0.39, 0.29) is 30.2 Å². The lowest BCUT2D eigenvalue weighted by atomic mass is 10.1. The molecule has 2 aromatic rings. The van der Waals surface area contributed by atoms with Gasteiger partial charge in [-0.05, 0) is 50.2 Å². The number of benzene rings is 1. The zero-order valence-corrected chi connectivity index (χ0v) is 14.4. The second-order valence-electron chi connectivity index (χ2n) is 5.03. The van der Waals surface area contributed by atoms with Crippen molar-refractivity contribution < 1.29 is 9.18 Å². The highest BCUT2D eigenvalue weighted by Gasteiger charge is 2.14. The third kappa shape index (κ3) is 4.53. The number of hydrogen-bond donors (Lipinski definition) is 2. The van der Waals surface area contributed by atoms with Crippen LogP contribution in [0, 0.1) is 12.7 Å². The minimum absolute atomic E-state index is 0. The molecule has 0 aliphatic carbocycles. The van der Waals surface area contributed by atoms with Crippen LogP contribution < -0.4 is 10.6 Å². The number of halogens is 2. The fourth-order valence-corrected chi connectivity index (χ4v) is 3.01. The van der Waals surface area contributed by atoms with Gasteiger partial charge in [-0.15, -0.1) is 23.7 Å². The molecule has 6 heteroatoms. The van der Waals surface area contributed by atoms with E-state index < -0.39 is 0 Å². The van der Waals surface area contributed by atoms with Crippen molar-refractivity contribution in [2.45, 2.75) is 19.9 Å². The summed E-state index contributed by atoms with van der Waals surface area (Å²) in [6.07, 6.45) is 0. The van der Waals surface area contributed by atoms with Crippen LogP contribution in [0.25, 0.3) is 10.4 Å². The molecular weight excluding hydrogens is 323 g/mol. The fourth-order valence-electron chi connectivity index (χ4n) is 1.92. The smallest absolute Gasteiger partial charge is 0.261 e. The molecule has 1 aromatic carbocycles. The predicted octanol–water partition coefficient (Wildman–Crippen LogP) is 3.62. The van der Waals surface area contributed by atoms with Crippen LogP contribution in [-0.4, -0.2) is 25.5 Å². The topological polar surface area (TPSA) is 41.1 Å².